The molecule has 15 rings (SSSR count). The molecule has 0 N–H and O–H groups in total. The summed E-state index contributed by atoms with van der Waals surface area (Å²) >= 11 is 0. The zero-order valence-electron chi connectivity index (χ0n) is 40.6. The molecule has 0 heteroatoms. The van der Waals surface area contributed by atoms with Gasteiger partial charge in [0.25, 0.3) is 0 Å². The van der Waals surface area contributed by atoms with Gasteiger partial charge in [-0.1, -0.05) is 211 Å². The minimum absolute atomic E-state index is 0.0859. The van der Waals surface area contributed by atoms with Crippen molar-refractivity contribution in [3.05, 3.63) is 262 Å². The van der Waals surface area contributed by atoms with E-state index in [2.05, 4.69) is 248 Å². The van der Waals surface area contributed by atoms with Crippen LogP contribution in [0, 0.1) is 0 Å². The number of rotatable bonds is 3. The molecule has 1 spiro atoms. The minimum atomic E-state index is -0.552. The quantitative estimate of drug-likeness (QED) is 0.166. The monoisotopic (exact) mass is 892 g/mol. The molecular weight excluding hydrogens is 841 g/mol. The molecule has 10 aromatic carbocycles. The van der Waals surface area contributed by atoms with Gasteiger partial charge in [-0.15, -0.1) is 0 Å². The van der Waals surface area contributed by atoms with Gasteiger partial charge in [0.2, 0.25) is 0 Å². The summed E-state index contributed by atoms with van der Waals surface area (Å²) in [5.41, 5.74) is 34.0. The molecule has 0 amide bonds. The number of benzene rings is 10. The van der Waals surface area contributed by atoms with Crippen LogP contribution in [0.1, 0.15) is 97.2 Å². The van der Waals surface area contributed by atoms with E-state index in [1.54, 1.807) is 0 Å². The van der Waals surface area contributed by atoms with Gasteiger partial charge >= 0.3 is 0 Å². The lowest BCUT2D eigenvalue weighted by molar-refractivity contribution is 0.660. The number of hydrogen-bond acceptors (Lipinski definition) is 0. The second kappa shape index (κ2) is 13.5. The third kappa shape index (κ3) is 4.96. The van der Waals surface area contributed by atoms with E-state index in [0.29, 0.717) is 0 Å². The summed E-state index contributed by atoms with van der Waals surface area (Å²) in [5.74, 6) is 0. The molecule has 0 aromatic heterocycles. The standard InChI is InChI=1S/C70H52/c1-67(2)57-19-11-7-15-47(57)51-29-23-41(35-61(51)67)44-26-32-54-50-18-10-14-22-60(50)70(64(54)38-44)65-39-45(42-24-30-52-48-16-8-12-20-58(48)68(3,4)62(52)36-42)27-33-55(65)56-34-28-46(40-66(56)70)43-25-31-53-49-17-9-13-21-59(49)69(5,6)63(53)37-43/h7-40H,1-6H3. The van der Waals surface area contributed by atoms with E-state index >= 15 is 0 Å². The summed E-state index contributed by atoms with van der Waals surface area (Å²) < 4.78 is 0. The van der Waals surface area contributed by atoms with Crippen molar-refractivity contribution in [2.45, 2.75) is 63.2 Å². The topological polar surface area (TPSA) is 0 Å². The molecule has 0 heterocycles. The Labute approximate surface area is 412 Å². The summed E-state index contributed by atoms with van der Waals surface area (Å²) in [6.45, 7) is 14.3. The normalized spacial score (nSPS) is 16.3. The first-order valence-corrected chi connectivity index (χ1v) is 25.2. The molecule has 0 fully saturated rings. The van der Waals surface area contributed by atoms with E-state index in [0.717, 1.165) is 0 Å². The Bertz CT molecular complexity index is 3650. The third-order valence-electron chi connectivity index (χ3n) is 17.9. The van der Waals surface area contributed by atoms with Crippen LogP contribution in [0.2, 0.25) is 0 Å². The van der Waals surface area contributed by atoms with E-state index in [1.807, 2.05) is 0 Å². The van der Waals surface area contributed by atoms with Crippen LogP contribution in [0.15, 0.2) is 206 Å². The average Bonchev–Trinajstić information content (AvgIpc) is 4.08. The van der Waals surface area contributed by atoms with Crippen molar-refractivity contribution >= 4 is 0 Å². The van der Waals surface area contributed by atoms with Crippen LogP contribution in [0.5, 0.6) is 0 Å². The highest BCUT2D eigenvalue weighted by Gasteiger charge is 2.52. The lowest BCUT2D eigenvalue weighted by atomic mass is 9.69. The first-order valence-electron chi connectivity index (χ1n) is 25.2. The molecule has 0 aliphatic heterocycles. The predicted molar refractivity (Wildman–Crippen MR) is 292 cm³/mol. The van der Waals surface area contributed by atoms with E-state index in [9.17, 15) is 0 Å². The van der Waals surface area contributed by atoms with Crippen molar-refractivity contribution < 1.29 is 0 Å². The van der Waals surface area contributed by atoms with Gasteiger partial charge in [-0.05, 0) is 181 Å². The molecule has 70 heavy (non-hydrogen) atoms. The Balaban J connectivity index is 0.957. The first-order chi connectivity index (χ1) is 34.0. The van der Waals surface area contributed by atoms with Crippen LogP contribution in [0.3, 0.4) is 0 Å². The lowest BCUT2D eigenvalue weighted by Gasteiger charge is -2.31. The van der Waals surface area contributed by atoms with Gasteiger partial charge in [0.05, 0.1) is 5.41 Å². The molecule has 0 radical (unpaired) electrons. The Morgan fingerprint density at radius 1 is 0.186 bits per heavy atom. The average molecular weight is 893 g/mol. The van der Waals surface area contributed by atoms with Crippen LogP contribution in [0.25, 0.3) is 89.0 Å². The molecule has 5 aliphatic rings. The highest BCUT2D eigenvalue weighted by Crippen LogP contribution is 2.64. The van der Waals surface area contributed by atoms with Gasteiger partial charge in [0.15, 0.2) is 0 Å². The van der Waals surface area contributed by atoms with Crippen molar-refractivity contribution in [3.63, 3.8) is 0 Å². The van der Waals surface area contributed by atoms with Crippen LogP contribution in [-0.4, -0.2) is 0 Å². The molecular formula is C70H52. The van der Waals surface area contributed by atoms with Crippen LogP contribution >= 0.6 is 0 Å². The van der Waals surface area contributed by atoms with Gasteiger partial charge < -0.3 is 0 Å². The Morgan fingerprint density at radius 2 is 0.386 bits per heavy atom. The highest BCUT2D eigenvalue weighted by molar-refractivity contribution is 5.98. The summed E-state index contributed by atoms with van der Waals surface area (Å²) in [6.07, 6.45) is 0. The van der Waals surface area contributed by atoms with Crippen LogP contribution in [0.4, 0.5) is 0 Å². The largest absolute Gasteiger partial charge is 0.0726 e. The smallest absolute Gasteiger partial charge is 0.0619 e. The highest BCUT2D eigenvalue weighted by atomic mass is 14.5. The van der Waals surface area contributed by atoms with Gasteiger partial charge in [-0.25, -0.2) is 0 Å². The Hall–Kier alpha value is -7.80. The molecule has 0 unspecified atom stereocenters. The Kier molecular flexibility index (Phi) is 7.73. The van der Waals surface area contributed by atoms with Crippen molar-refractivity contribution in [3.8, 4) is 89.0 Å². The maximum absolute atomic E-state index is 2.56. The summed E-state index contributed by atoms with van der Waals surface area (Å²) in [5, 5.41) is 0. The fourth-order valence-electron chi connectivity index (χ4n) is 14.4. The van der Waals surface area contributed by atoms with E-state index in [4.69, 9.17) is 0 Å². The van der Waals surface area contributed by atoms with Crippen LogP contribution in [-0.2, 0) is 21.7 Å². The second-order valence-corrected chi connectivity index (χ2v) is 22.4. The summed E-state index contributed by atoms with van der Waals surface area (Å²) in [7, 11) is 0. The van der Waals surface area contributed by atoms with Crippen molar-refractivity contribution in [1.29, 1.82) is 0 Å². The predicted octanol–water partition coefficient (Wildman–Crippen LogP) is 17.9. The fourth-order valence-corrected chi connectivity index (χ4v) is 14.4. The number of fused-ring (bicyclic) bond motifs is 19. The lowest BCUT2D eigenvalue weighted by Crippen LogP contribution is -2.26. The second-order valence-electron chi connectivity index (χ2n) is 22.4. The SMILES string of the molecule is CC1(C)c2ccccc2-c2ccc(-c3ccc4c(c3)C3(c5ccccc5-4)c4cc(-c5ccc6c(c5)C(C)(C)c5ccccc5-6)ccc4-c4ccc(-c5ccc6c(c5)C(C)(C)c5ccccc5-6)cc43)cc21. The van der Waals surface area contributed by atoms with Gasteiger partial charge in [-0.3, -0.25) is 0 Å². The van der Waals surface area contributed by atoms with E-state index in [1.165, 1.54) is 145 Å². The van der Waals surface area contributed by atoms with Crippen molar-refractivity contribution in [1.82, 2.24) is 0 Å². The molecule has 0 nitrogen and oxygen atoms in total. The van der Waals surface area contributed by atoms with E-state index < -0.39 is 5.41 Å². The maximum Gasteiger partial charge on any atom is 0.0726 e. The molecule has 5 aliphatic carbocycles. The maximum atomic E-state index is 2.56. The fraction of sp³-hybridized carbons (Fsp3) is 0.143. The summed E-state index contributed by atoms with van der Waals surface area (Å²) in [6, 6.07) is 80.0. The minimum Gasteiger partial charge on any atom is -0.0619 e. The molecule has 332 valence electrons. The van der Waals surface area contributed by atoms with Gasteiger partial charge in [0, 0.05) is 16.2 Å². The zero-order valence-corrected chi connectivity index (χ0v) is 40.6. The summed E-state index contributed by atoms with van der Waals surface area (Å²) in [4.78, 5) is 0. The van der Waals surface area contributed by atoms with Crippen LogP contribution < -0.4 is 0 Å². The van der Waals surface area contributed by atoms with Gasteiger partial charge in [-0.2, -0.15) is 0 Å². The zero-order chi connectivity index (χ0) is 47.1. The first kappa shape index (κ1) is 40.1. The number of hydrogen-bond donors (Lipinski definition) is 0. The van der Waals surface area contributed by atoms with Crippen molar-refractivity contribution in [2.24, 2.45) is 0 Å². The molecule has 0 saturated heterocycles. The molecule has 0 atom stereocenters. The van der Waals surface area contributed by atoms with E-state index in [-0.39, 0.29) is 16.2 Å². The molecule has 0 bridgehead atoms. The molecule has 10 aromatic rings. The van der Waals surface area contributed by atoms with Gasteiger partial charge in [0.1, 0.15) is 0 Å². The third-order valence-corrected chi connectivity index (χ3v) is 17.9. The Morgan fingerprint density at radius 3 is 0.671 bits per heavy atom. The molecule has 0 saturated carbocycles. The van der Waals surface area contributed by atoms with Crippen molar-refractivity contribution in [2.75, 3.05) is 0 Å².